The number of hydroxylamine groups is 3. The van der Waals surface area contributed by atoms with Crippen LogP contribution in [0.4, 0.5) is 5.69 Å². The number of rotatable bonds is 10. The third-order valence-electron chi connectivity index (χ3n) is 2.93. The van der Waals surface area contributed by atoms with E-state index in [0.717, 1.165) is 5.06 Å². The second kappa shape index (κ2) is 8.73. The van der Waals surface area contributed by atoms with Gasteiger partial charge in [0.15, 0.2) is 0 Å². The van der Waals surface area contributed by atoms with Gasteiger partial charge in [-0.25, -0.2) is 0 Å². The normalized spacial score (nSPS) is 11.2. The minimum Gasteiger partial charge on any atom is -0.756 e. The van der Waals surface area contributed by atoms with Crippen LogP contribution in [0.25, 0.3) is 0 Å². The molecule has 1 aromatic rings. The standard InChI is InChI=1S/C16H24N2O5/c1-6-22-16(4,5)17(19)14-7-9-15(10-8-14)21-11-12-23-18(20)13(2)3/h7-10H,2,6,11-12H2,1,3-5H3/q-2. The average Bonchev–Trinajstić information content (AvgIpc) is 2.51. The molecule has 0 saturated carbocycles. The van der Waals surface area contributed by atoms with Gasteiger partial charge in [-0.2, -0.15) is 0 Å². The Labute approximate surface area is 137 Å². The Hall–Kier alpha value is -1.80. The molecule has 0 bridgehead atoms. The number of anilines is 1. The molecule has 1 aromatic carbocycles. The van der Waals surface area contributed by atoms with Crippen molar-refractivity contribution in [2.24, 2.45) is 0 Å². The van der Waals surface area contributed by atoms with Gasteiger partial charge in [0.25, 0.3) is 0 Å². The molecule has 0 aliphatic rings. The minimum atomic E-state index is -0.939. The molecule has 0 fully saturated rings. The molecule has 0 spiro atoms. The molecule has 0 radical (unpaired) electrons. The minimum absolute atomic E-state index is 0.100. The molecule has 0 saturated heterocycles. The van der Waals surface area contributed by atoms with Gasteiger partial charge < -0.3 is 30.2 Å². The Bertz CT molecular complexity index is 490. The molecule has 1 rings (SSSR count). The van der Waals surface area contributed by atoms with Gasteiger partial charge in [0, 0.05) is 18.0 Å². The van der Waals surface area contributed by atoms with E-state index in [1.807, 2.05) is 6.92 Å². The summed E-state index contributed by atoms with van der Waals surface area (Å²) in [5.74, 6) is 0.577. The molecule has 7 heteroatoms. The molecule has 0 aliphatic carbocycles. The van der Waals surface area contributed by atoms with Crippen molar-refractivity contribution in [3.63, 3.8) is 0 Å². The third-order valence-corrected chi connectivity index (χ3v) is 2.93. The van der Waals surface area contributed by atoms with E-state index in [1.54, 1.807) is 45.0 Å². The summed E-state index contributed by atoms with van der Waals surface area (Å²) in [6.45, 7) is 11.0. The lowest BCUT2D eigenvalue weighted by molar-refractivity contribution is -0.0997. The van der Waals surface area contributed by atoms with Crippen molar-refractivity contribution in [2.45, 2.75) is 33.4 Å². The molecular weight excluding hydrogens is 300 g/mol. The van der Waals surface area contributed by atoms with Gasteiger partial charge >= 0.3 is 0 Å². The molecule has 0 aliphatic heterocycles. The van der Waals surface area contributed by atoms with Crippen molar-refractivity contribution >= 4 is 5.69 Å². The van der Waals surface area contributed by atoms with Crippen LogP contribution in [0.3, 0.4) is 0 Å². The molecule has 23 heavy (non-hydrogen) atoms. The SMILES string of the molecule is C=C(C)N([O-])OCCOc1ccc(N([O-])C(C)(C)OCC)cc1. The molecule has 0 N–H and O–H groups in total. The van der Waals surface area contributed by atoms with Crippen LogP contribution >= 0.6 is 0 Å². The highest BCUT2D eigenvalue weighted by Gasteiger charge is 2.20. The number of allylic oxidation sites excluding steroid dienone is 1. The van der Waals surface area contributed by atoms with Gasteiger partial charge in [-0.1, -0.05) is 6.58 Å². The van der Waals surface area contributed by atoms with Crippen LogP contribution in [0.2, 0.25) is 0 Å². The molecular formula is C16H24N2O5-2. The van der Waals surface area contributed by atoms with E-state index in [-0.39, 0.29) is 18.9 Å². The number of nitrogens with zero attached hydrogens (tertiary/aromatic N) is 2. The van der Waals surface area contributed by atoms with Gasteiger partial charge in [-0.3, -0.25) is 4.84 Å². The van der Waals surface area contributed by atoms with Crippen LogP contribution in [0, 0.1) is 10.4 Å². The lowest BCUT2D eigenvalue weighted by atomic mass is 10.2. The van der Waals surface area contributed by atoms with Crippen molar-refractivity contribution < 1.29 is 14.3 Å². The lowest BCUT2D eigenvalue weighted by Crippen LogP contribution is -2.42. The van der Waals surface area contributed by atoms with Crippen molar-refractivity contribution in [1.82, 2.24) is 5.23 Å². The number of benzene rings is 1. The summed E-state index contributed by atoms with van der Waals surface area (Å²) in [6.07, 6.45) is 0. The molecule has 0 amide bonds. The quantitative estimate of drug-likeness (QED) is 0.370. The van der Waals surface area contributed by atoms with Crippen LogP contribution < -0.4 is 9.80 Å². The summed E-state index contributed by atoms with van der Waals surface area (Å²) in [4.78, 5) is 4.84. The predicted molar refractivity (Wildman–Crippen MR) is 89.5 cm³/mol. The van der Waals surface area contributed by atoms with E-state index >= 15 is 0 Å². The monoisotopic (exact) mass is 324 g/mol. The van der Waals surface area contributed by atoms with Gasteiger partial charge in [0.2, 0.25) is 0 Å². The van der Waals surface area contributed by atoms with Crippen LogP contribution in [-0.4, -0.2) is 30.8 Å². The van der Waals surface area contributed by atoms with E-state index < -0.39 is 5.72 Å². The van der Waals surface area contributed by atoms with Crippen LogP contribution in [0.5, 0.6) is 5.75 Å². The zero-order valence-corrected chi connectivity index (χ0v) is 14.1. The largest absolute Gasteiger partial charge is 0.756 e. The second-order valence-corrected chi connectivity index (χ2v) is 5.34. The molecule has 130 valence electrons. The van der Waals surface area contributed by atoms with Crippen LogP contribution in [-0.2, 0) is 9.57 Å². The summed E-state index contributed by atoms with van der Waals surface area (Å²) in [6, 6.07) is 6.65. The number of hydrogen-bond acceptors (Lipinski definition) is 7. The first-order valence-electron chi connectivity index (χ1n) is 7.37. The fraction of sp³-hybridized carbons (Fsp3) is 0.500. The maximum absolute atomic E-state index is 12.2. The van der Waals surface area contributed by atoms with Gasteiger partial charge in [0.1, 0.15) is 24.7 Å². The van der Waals surface area contributed by atoms with Crippen molar-refractivity contribution in [2.75, 3.05) is 24.9 Å². The summed E-state index contributed by atoms with van der Waals surface area (Å²) < 4.78 is 10.9. The second-order valence-electron chi connectivity index (χ2n) is 5.34. The first kappa shape index (κ1) is 19.2. The van der Waals surface area contributed by atoms with Crippen LogP contribution in [0.1, 0.15) is 27.7 Å². The van der Waals surface area contributed by atoms with E-state index in [2.05, 4.69) is 6.58 Å². The fourth-order valence-electron chi connectivity index (χ4n) is 1.79. The predicted octanol–water partition coefficient (Wildman–Crippen LogP) is 3.41. The summed E-state index contributed by atoms with van der Waals surface area (Å²) >= 11 is 0. The molecule has 7 nitrogen and oxygen atoms in total. The smallest absolute Gasteiger partial charge is 0.125 e. The summed E-state index contributed by atoms with van der Waals surface area (Å²) in [7, 11) is 0. The molecule has 0 heterocycles. The first-order chi connectivity index (χ1) is 10.8. The van der Waals surface area contributed by atoms with Crippen molar-refractivity contribution in [3.05, 3.63) is 47.0 Å². The molecule has 0 aromatic heterocycles. The van der Waals surface area contributed by atoms with Crippen molar-refractivity contribution in [1.29, 1.82) is 0 Å². The van der Waals surface area contributed by atoms with Gasteiger partial charge in [-0.05, 0) is 52.0 Å². The highest BCUT2D eigenvalue weighted by Crippen LogP contribution is 2.26. The zero-order chi connectivity index (χ0) is 17.5. The van der Waals surface area contributed by atoms with Gasteiger partial charge in [-0.15, -0.1) is 0 Å². The number of ether oxygens (including phenoxy) is 2. The Morgan fingerprint density at radius 1 is 1.17 bits per heavy atom. The fourth-order valence-corrected chi connectivity index (χ4v) is 1.79. The third kappa shape index (κ3) is 6.07. The van der Waals surface area contributed by atoms with Gasteiger partial charge in [0.05, 0.1) is 0 Å². The Balaban J connectivity index is 2.49. The Kier molecular flexibility index (Phi) is 7.31. The maximum Gasteiger partial charge on any atom is 0.125 e. The first-order valence-corrected chi connectivity index (χ1v) is 7.37. The van der Waals surface area contributed by atoms with E-state index in [4.69, 9.17) is 14.3 Å². The zero-order valence-electron chi connectivity index (χ0n) is 14.1. The highest BCUT2D eigenvalue weighted by molar-refractivity contribution is 5.51. The van der Waals surface area contributed by atoms with E-state index in [9.17, 15) is 10.4 Å². The maximum atomic E-state index is 12.2. The topological polar surface area (TPSA) is 80.3 Å². The summed E-state index contributed by atoms with van der Waals surface area (Å²) in [5.41, 5.74) is -0.202. The Morgan fingerprint density at radius 3 is 2.30 bits per heavy atom. The van der Waals surface area contributed by atoms with Crippen LogP contribution in [0.15, 0.2) is 36.5 Å². The van der Waals surface area contributed by atoms with Crippen molar-refractivity contribution in [3.8, 4) is 5.75 Å². The average molecular weight is 324 g/mol. The van der Waals surface area contributed by atoms with E-state index in [1.165, 1.54) is 0 Å². The lowest BCUT2D eigenvalue weighted by Gasteiger charge is -2.45. The molecule has 0 unspecified atom stereocenters. The Morgan fingerprint density at radius 2 is 1.78 bits per heavy atom. The highest BCUT2D eigenvalue weighted by atomic mass is 16.9. The number of hydrogen-bond donors (Lipinski definition) is 0. The molecule has 0 atom stereocenters. The summed E-state index contributed by atoms with van der Waals surface area (Å²) in [5, 5.41) is 24.5. The van der Waals surface area contributed by atoms with E-state index in [0.29, 0.717) is 23.3 Å².